The van der Waals surface area contributed by atoms with Gasteiger partial charge in [-0.05, 0) is 46.5 Å². The lowest BCUT2D eigenvalue weighted by Crippen LogP contribution is -2.45. The van der Waals surface area contributed by atoms with Crippen LogP contribution in [0, 0.1) is 0 Å². The number of halogens is 2. The normalized spacial score (nSPS) is 13.8. The summed E-state index contributed by atoms with van der Waals surface area (Å²) < 4.78 is 6.47. The largest absolute Gasteiger partial charge is 0.497 e. The molecule has 0 aromatic heterocycles. The average Bonchev–Trinajstić information content (AvgIpc) is 2.45. The second-order valence-corrected chi connectivity index (χ2v) is 14.5. The Balaban J connectivity index is 3.45. The lowest BCUT2D eigenvalue weighted by Gasteiger charge is -2.43. The van der Waals surface area contributed by atoms with E-state index in [-0.39, 0.29) is 0 Å². The van der Waals surface area contributed by atoms with Gasteiger partial charge in [-0.1, -0.05) is 69.1 Å². The molecule has 0 aliphatic heterocycles. The fourth-order valence-electron chi connectivity index (χ4n) is 3.81. The van der Waals surface area contributed by atoms with Gasteiger partial charge in [-0.2, -0.15) is 0 Å². The fraction of sp³-hybridized carbons (Fsp3) is 0.556. The molecule has 4 heteroatoms. The van der Waals surface area contributed by atoms with Crippen LogP contribution in [0.3, 0.4) is 0 Å². The second kappa shape index (κ2) is 8.03. The zero-order chi connectivity index (χ0) is 17.1. The third-order valence-corrected chi connectivity index (χ3v) is 14.8. The number of rotatable bonds is 6. The highest BCUT2D eigenvalue weighted by Gasteiger charge is 2.46. The lowest BCUT2D eigenvalue weighted by molar-refractivity contribution is 0.415. The van der Waals surface area contributed by atoms with Gasteiger partial charge in [-0.3, -0.25) is 0 Å². The molecule has 0 aliphatic rings. The smallest absolute Gasteiger partial charge is 0.118 e. The van der Waals surface area contributed by atoms with E-state index in [4.69, 9.17) is 16.3 Å². The molecule has 0 saturated heterocycles. The Bertz CT molecular complexity index is 499. The Labute approximate surface area is 150 Å². The molecular weight excluding hydrogens is 376 g/mol. The van der Waals surface area contributed by atoms with Crippen LogP contribution in [-0.4, -0.2) is 15.2 Å². The van der Waals surface area contributed by atoms with Crippen molar-refractivity contribution in [3.63, 3.8) is 0 Å². The first kappa shape index (κ1) is 19.8. The van der Waals surface area contributed by atoms with Crippen LogP contribution in [0.25, 0.3) is 5.03 Å². The van der Waals surface area contributed by atoms with Crippen molar-refractivity contribution in [2.24, 2.45) is 0 Å². The summed E-state index contributed by atoms with van der Waals surface area (Å²) in [5.74, 6) is 0.851. The summed E-state index contributed by atoms with van der Waals surface area (Å²) in [5, 5.41) is 0.852. The third kappa shape index (κ3) is 3.63. The summed E-state index contributed by atoms with van der Waals surface area (Å²) in [4.78, 5) is 0. The van der Waals surface area contributed by atoms with Gasteiger partial charge in [0.05, 0.1) is 12.1 Å². The summed E-state index contributed by atoms with van der Waals surface area (Å²) in [5.41, 5.74) is 2.91. The van der Waals surface area contributed by atoms with Gasteiger partial charge in [0.25, 0.3) is 0 Å². The van der Waals surface area contributed by atoms with Crippen molar-refractivity contribution in [3.8, 4) is 5.75 Å². The summed E-state index contributed by atoms with van der Waals surface area (Å²) in [6, 6.07) is 7.98. The van der Waals surface area contributed by atoms with Gasteiger partial charge in [0.1, 0.15) is 13.8 Å². The number of benzene rings is 1. The Kier molecular flexibility index (Phi) is 7.22. The Hall–Kier alpha value is -0.253. The van der Waals surface area contributed by atoms with Gasteiger partial charge in [-0.25, -0.2) is 0 Å². The van der Waals surface area contributed by atoms with Crippen LogP contribution in [0.15, 0.2) is 28.4 Å². The standard InChI is InChI=1S/C18H28BrClOSi/c1-12(2)22(13(3)4,14(5)6)18(19)17(20)15-8-10-16(21-7)11-9-15/h8-14H,1-7H3/b18-17+. The first-order valence-corrected chi connectivity index (χ1v) is 11.3. The molecule has 0 radical (unpaired) electrons. The number of hydrogen-bond acceptors (Lipinski definition) is 1. The zero-order valence-corrected chi connectivity index (χ0v) is 18.0. The van der Waals surface area contributed by atoms with Gasteiger partial charge < -0.3 is 4.74 Å². The number of methoxy groups -OCH3 is 1. The Morgan fingerprint density at radius 1 is 0.955 bits per heavy atom. The SMILES string of the molecule is COc1ccc(/C(Cl)=C(/Br)[Si](C(C)C)(C(C)C)C(C)C)cc1. The minimum atomic E-state index is -1.77. The zero-order valence-electron chi connectivity index (χ0n) is 14.7. The summed E-state index contributed by atoms with van der Waals surface area (Å²) in [7, 11) is -0.0885. The van der Waals surface area contributed by atoms with Crippen LogP contribution in [0.5, 0.6) is 5.75 Å². The number of ether oxygens (including phenoxy) is 1. The van der Waals surface area contributed by atoms with E-state index in [2.05, 4.69) is 57.5 Å². The highest BCUT2D eigenvalue weighted by Crippen LogP contribution is 2.51. The van der Waals surface area contributed by atoms with E-state index in [0.29, 0.717) is 16.6 Å². The molecule has 0 aliphatic carbocycles. The minimum absolute atomic E-state index is 0.619. The summed E-state index contributed by atoms with van der Waals surface area (Å²) >= 11 is 10.7. The second-order valence-electron chi connectivity index (χ2n) is 6.75. The average molecular weight is 404 g/mol. The van der Waals surface area contributed by atoms with Gasteiger partial charge in [-0.15, -0.1) is 0 Å². The van der Waals surface area contributed by atoms with Crippen molar-refractivity contribution in [1.29, 1.82) is 0 Å². The predicted molar refractivity (Wildman–Crippen MR) is 106 cm³/mol. The monoisotopic (exact) mass is 402 g/mol. The molecular formula is C18H28BrClOSi. The molecule has 0 heterocycles. The van der Waals surface area contributed by atoms with E-state index in [1.807, 2.05) is 24.3 Å². The maximum atomic E-state index is 6.80. The van der Waals surface area contributed by atoms with Gasteiger partial charge >= 0.3 is 0 Å². The molecule has 0 atom stereocenters. The molecule has 0 bridgehead atoms. The van der Waals surface area contributed by atoms with E-state index >= 15 is 0 Å². The van der Waals surface area contributed by atoms with Crippen molar-refractivity contribution in [3.05, 3.63) is 33.9 Å². The highest BCUT2D eigenvalue weighted by molar-refractivity contribution is 9.12. The molecule has 0 amide bonds. The lowest BCUT2D eigenvalue weighted by atomic mass is 10.2. The van der Waals surface area contributed by atoms with Crippen molar-refractivity contribution in [2.75, 3.05) is 7.11 Å². The maximum absolute atomic E-state index is 6.80. The molecule has 124 valence electrons. The van der Waals surface area contributed by atoms with E-state index in [1.54, 1.807) is 7.11 Å². The van der Waals surface area contributed by atoms with Crippen LogP contribution in [-0.2, 0) is 0 Å². The van der Waals surface area contributed by atoms with Gasteiger partial charge in [0, 0.05) is 4.11 Å². The van der Waals surface area contributed by atoms with Crippen LogP contribution in [0.1, 0.15) is 47.1 Å². The van der Waals surface area contributed by atoms with Crippen molar-refractivity contribution >= 4 is 40.6 Å². The van der Waals surface area contributed by atoms with E-state index < -0.39 is 8.07 Å². The van der Waals surface area contributed by atoms with Crippen molar-refractivity contribution in [2.45, 2.75) is 58.2 Å². The van der Waals surface area contributed by atoms with Crippen LogP contribution < -0.4 is 4.74 Å². The Morgan fingerprint density at radius 2 is 1.36 bits per heavy atom. The van der Waals surface area contributed by atoms with Crippen LogP contribution >= 0.6 is 27.5 Å². The first-order valence-electron chi connectivity index (χ1n) is 7.89. The topological polar surface area (TPSA) is 9.23 Å². The first-order chi connectivity index (χ1) is 10.2. The molecule has 22 heavy (non-hydrogen) atoms. The Morgan fingerprint density at radius 3 is 1.68 bits per heavy atom. The summed E-state index contributed by atoms with van der Waals surface area (Å²) in [6.45, 7) is 14.0. The van der Waals surface area contributed by atoms with E-state index in [0.717, 1.165) is 16.3 Å². The van der Waals surface area contributed by atoms with Crippen molar-refractivity contribution in [1.82, 2.24) is 0 Å². The number of hydrogen-bond donors (Lipinski definition) is 0. The van der Waals surface area contributed by atoms with Crippen LogP contribution in [0.2, 0.25) is 16.6 Å². The van der Waals surface area contributed by atoms with Gasteiger partial charge in [0.15, 0.2) is 0 Å². The molecule has 1 nitrogen and oxygen atoms in total. The maximum Gasteiger partial charge on any atom is 0.118 e. The molecule has 1 aromatic carbocycles. The van der Waals surface area contributed by atoms with Crippen LogP contribution in [0.4, 0.5) is 0 Å². The van der Waals surface area contributed by atoms with Gasteiger partial charge in [0.2, 0.25) is 0 Å². The minimum Gasteiger partial charge on any atom is -0.497 e. The quantitative estimate of drug-likeness (QED) is 0.456. The summed E-state index contributed by atoms with van der Waals surface area (Å²) in [6.07, 6.45) is 0. The molecule has 0 saturated carbocycles. The molecule has 0 N–H and O–H groups in total. The molecule has 0 unspecified atom stereocenters. The predicted octanol–water partition coefficient (Wildman–Crippen LogP) is 7.22. The third-order valence-electron chi connectivity index (χ3n) is 4.78. The fourth-order valence-corrected chi connectivity index (χ4v) is 14.8. The van der Waals surface area contributed by atoms with E-state index in [1.165, 1.54) is 4.11 Å². The van der Waals surface area contributed by atoms with E-state index in [9.17, 15) is 0 Å². The van der Waals surface area contributed by atoms with Crippen molar-refractivity contribution < 1.29 is 4.74 Å². The molecule has 0 fully saturated rings. The molecule has 1 aromatic rings. The molecule has 0 spiro atoms. The molecule has 1 rings (SSSR count). The highest BCUT2D eigenvalue weighted by atomic mass is 79.9.